The van der Waals surface area contributed by atoms with Crippen molar-refractivity contribution < 1.29 is 14.6 Å². The topological polar surface area (TPSA) is 63.5 Å². The van der Waals surface area contributed by atoms with Crippen LogP contribution in [0.15, 0.2) is 46.9 Å². The molecule has 0 atom stereocenters. The first kappa shape index (κ1) is 17.5. The number of carboxylic acid groups (broad SMARTS) is 1. The summed E-state index contributed by atoms with van der Waals surface area (Å²) in [5.41, 5.74) is 3.05. The van der Waals surface area contributed by atoms with Crippen LogP contribution in [0.3, 0.4) is 0 Å². The molecule has 5 nitrogen and oxygen atoms in total. The molecule has 2 aromatic carbocycles. The largest absolute Gasteiger partial charge is 0.497 e. The summed E-state index contributed by atoms with van der Waals surface area (Å²) in [6, 6.07) is 13.7. The quantitative estimate of drug-likeness (QED) is 0.655. The molecule has 1 aromatic heterocycles. The molecule has 0 saturated heterocycles. The Morgan fingerprint density at radius 3 is 2.72 bits per heavy atom. The molecule has 130 valence electrons. The number of hydrogen-bond donors (Lipinski definition) is 2. The number of benzene rings is 2. The van der Waals surface area contributed by atoms with E-state index >= 15 is 0 Å². The summed E-state index contributed by atoms with van der Waals surface area (Å²) in [5.74, 6) is -0.226. The monoisotopic (exact) mass is 402 g/mol. The molecule has 0 saturated carbocycles. The van der Waals surface area contributed by atoms with Crippen molar-refractivity contribution in [1.29, 1.82) is 0 Å². The second-order valence-corrected chi connectivity index (χ2v) is 6.72. The summed E-state index contributed by atoms with van der Waals surface area (Å²) >= 11 is 3.46. The van der Waals surface area contributed by atoms with Gasteiger partial charge in [0.25, 0.3) is 0 Å². The number of carboxylic acids is 1. The summed E-state index contributed by atoms with van der Waals surface area (Å²) in [7, 11) is 3.37. The van der Waals surface area contributed by atoms with Crippen LogP contribution in [0.25, 0.3) is 10.9 Å². The highest BCUT2D eigenvalue weighted by molar-refractivity contribution is 9.10. The maximum atomic E-state index is 11.8. The van der Waals surface area contributed by atoms with Gasteiger partial charge in [-0.15, -0.1) is 0 Å². The summed E-state index contributed by atoms with van der Waals surface area (Å²) in [6.45, 7) is 1.13. The van der Waals surface area contributed by atoms with Crippen molar-refractivity contribution in [3.63, 3.8) is 0 Å². The third kappa shape index (κ3) is 3.55. The van der Waals surface area contributed by atoms with Crippen LogP contribution in [0, 0.1) is 0 Å². The summed E-state index contributed by atoms with van der Waals surface area (Å²) < 4.78 is 7.98. The third-order valence-corrected chi connectivity index (χ3v) is 4.73. The number of rotatable bonds is 6. The van der Waals surface area contributed by atoms with E-state index in [1.54, 1.807) is 18.7 Å². The number of nitrogens with zero attached hydrogens (tertiary/aromatic N) is 1. The average molecular weight is 403 g/mol. The van der Waals surface area contributed by atoms with Crippen LogP contribution in [-0.4, -0.2) is 22.8 Å². The summed E-state index contributed by atoms with van der Waals surface area (Å²) in [5, 5.41) is 13.9. The van der Waals surface area contributed by atoms with Crippen molar-refractivity contribution in [3.05, 3.63) is 63.8 Å². The number of aromatic nitrogens is 1. The van der Waals surface area contributed by atoms with E-state index in [0.29, 0.717) is 24.5 Å². The van der Waals surface area contributed by atoms with Crippen LogP contribution in [0.2, 0.25) is 0 Å². The van der Waals surface area contributed by atoms with Gasteiger partial charge in [-0.05, 0) is 29.8 Å². The van der Waals surface area contributed by atoms with Gasteiger partial charge >= 0.3 is 5.97 Å². The molecule has 0 unspecified atom stereocenters. The van der Waals surface area contributed by atoms with Gasteiger partial charge in [-0.2, -0.15) is 0 Å². The van der Waals surface area contributed by atoms with E-state index in [1.165, 1.54) is 0 Å². The van der Waals surface area contributed by atoms with Crippen molar-refractivity contribution in [3.8, 4) is 5.75 Å². The molecule has 0 radical (unpaired) electrons. The lowest BCUT2D eigenvalue weighted by molar-refractivity contribution is 0.0685. The lowest BCUT2D eigenvalue weighted by Crippen LogP contribution is -2.16. The van der Waals surface area contributed by atoms with Crippen LogP contribution >= 0.6 is 15.9 Å². The highest BCUT2D eigenvalue weighted by atomic mass is 79.9. The van der Waals surface area contributed by atoms with Crippen LogP contribution in [0.4, 0.5) is 0 Å². The molecule has 0 aliphatic heterocycles. The maximum Gasteiger partial charge on any atom is 0.352 e. The Morgan fingerprint density at radius 1 is 1.24 bits per heavy atom. The van der Waals surface area contributed by atoms with Gasteiger partial charge in [0.1, 0.15) is 11.4 Å². The number of aromatic carboxylic acids is 1. The fourth-order valence-electron chi connectivity index (χ4n) is 3.05. The zero-order valence-electron chi connectivity index (χ0n) is 14.0. The Kier molecular flexibility index (Phi) is 5.11. The number of halogens is 1. The molecule has 3 rings (SSSR count). The highest BCUT2D eigenvalue weighted by Crippen LogP contribution is 2.29. The summed E-state index contributed by atoms with van der Waals surface area (Å²) in [4.78, 5) is 11.8. The fraction of sp³-hybridized carbons (Fsp3) is 0.211. The maximum absolute atomic E-state index is 11.8. The predicted octanol–water partition coefficient (Wildman–Crippen LogP) is 3.94. The lowest BCUT2D eigenvalue weighted by Gasteiger charge is -2.07. The molecule has 1 heterocycles. The van der Waals surface area contributed by atoms with E-state index in [9.17, 15) is 9.90 Å². The smallest absolute Gasteiger partial charge is 0.352 e. The molecule has 6 heteroatoms. The van der Waals surface area contributed by atoms with Gasteiger partial charge in [0.2, 0.25) is 0 Å². The number of ether oxygens (including phenoxy) is 1. The van der Waals surface area contributed by atoms with Crippen molar-refractivity contribution >= 4 is 32.8 Å². The van der Waals surface area contributed by atoms with E-state index in [1.807, 2.05) is 42.5 Å². The van der Waals surface area contributed by atoms with Gasteiger partial charge < -0.3 is 19.7 Å². The zero-order chi connectivity index (χ0) is 18.0. The van der Waals surface area contributed by atoms with Gasteiger partial charge in [-0.1, -0.05) is 28.1 Å². The molecular formula is C19H19BrN2O3. The first-order valence-corrected chi connectivity index (χ1v) is 8.64. The lowest BCUT2D eigenvalue weighted by atomic mass is 10.1. The highest BCUT2D eigenvalue weighted by Gasteiger charge is 2.20. The molecule has 0 aliphatic rings. The Labute approximate surface area is 154 Å². The molecule has 3 aromatic rings. The minimum absolute atomic E-state index is 0.296. The standard InChI is InChI=1S/C19H19BrN2O3/c1-22-17-9-14(25-2)6-7-15(17)16(18(22)19(23)24)11-21-10-12-4-3-5-13(20)8-12/h3-9,21H,10-11H2,1-2H3,(H,23,24). The summed E-state index contributed by atoms with van der Waals surface area (Å²) in [6.07, 6.45) is 0. The molecule has 0 amide bonds. The Balaban J connectivity index is 1.91. The van der Waals surface area contributed by atoms with Gasteiger partial charge in [-0.25, -0.2) is 4.79 Å². The minimum atomic E-state index is -0.933. The van der Waals surface area contributed by atoms with Gasteiger partial charge in [-0.3, -0.25) is 0 Å². The van der Waals surface area contributed by atoms with Crippen molar-refractivity contribution in [2.24, 2.45) is 7.05 Å². The molecule has 0 fully saturated rings. The first-order valence-electron chi connectivity index (χ1n) is 7.85. The van der Waals surface area contributed by atoms with Crippen LogP contribution < -0.4 is 10.1 Å². The van der Waals surface area contributed by atoms with E-state index < -0.39 is 5.97 Å². The number of aryl methyl sites for hydroxylation is 1. The molecule has 0 aliphatic carbocycles. The van der Waals surface area contributed by atoms with Crippen molar-refractivity contribution in [1.82, 2.24) is 9.88 Å². The van der Waals surface area contributed by atoms with Crippen molar-refractivity contribution in [2.75, 3.05) is 7.11 Å². The predicted molar refractivity (Wildman–Crippen MR) is 101 cm³/mol. The zero-order valence-corrected chi connectivity index (χ0v) is 15.6. The van der Waals surface area contributed by atoms with E-state index in [2.05, 4.69) is 21.2 Å². The molecule has 2 N–H and O–H groups in total. The third-order valence-electron chi connectivity index (χ3n) is 4.24. The second kappa shape index (κ2) is 7.29. The van der Waals surface area contributed by atoms with Crippen LogP contribution in [-0.2, 0) is 20.1 Å². The van der Waals surface area contributed by atoms with Gasteiger partial charge in [0.15, 0.2) is 0 Å². The SMILES string of the molecule is COc1ccc2c(CNCc3cccc(Br)c3)c(C(=O)O)n(C)c2c1. The van der Waals surface area contributed by atoms with Crippen LogP contribution in [0.5, 0.6) is 5.75 Å². The molecule has 0 spiro atoms. The molecule has 0 bridgehead atoms. The number of methoxy groups -OCH3 is 1. The average Bonchev–Trinajstić information content (AvgIpc) is 2.87. The van der Waals surface area contributed by atoms with E-state index in [4.69, 9.17) is 4.74 Å². The molecular weight excluding hydrogens is 384 g/mol. The van der Waals surface area contributed by atoms with Crippen LogP contribution in [0.1, 0.15) is 21.6 Å². The van der Waals surface area contributed by atoms with E-state index in [0.717, 1.165) is 26.5 Å². The number of nitrogens with one attached hydrogen (secondary N) is 1. The van der Waals surface area contributed by atoms with Gasteiger partial charge in [0, 0.05) is 41.6 Å². The first-order chi connectivity index (χ1) is 12.0. The normalized spacial score (nSPS) is 11.0. The second-order valence-electron chi connectivity index (χ2n) is 5.81. The van der Waals surface area contributed by atoms with E-state index in [-0.39, 0.29) is 0 Å². The minimum Gasteiger partial charge on any atom is -0.497 e. The number of fused-ring (bicyclic) bond motifs is 1. The fourth-order valence-corrected chi connectivity index (χ4v) is 3.50. The number of carbonyl (C=O) groups is 1. The van der Waals surface area contributed by atoms with Gasteiger partial charge in [0.05, 0.1) is 12.6 Å². The Morgan fingerprint density at radius 2 is 2.04 bits per heavy atom. The molecule has 25 heavy (non-hydrogen) atoms. The van der Waals surface area contributed by atoms with Crippen molar-refractivity contribution in [2.45, 2.75) is 13.1 Å². The number of hydrogen-bond acceptors (Lipinski definition) is 3. The Hall–Kier alpha value is -2.31. The Bertz CT molecular complexity index is 934.